The lowest BCUT2D eigenvalue weighted by molar-refractivity contribution is 0.219. The predicted octanol–water partition coefficient (Wildman–Crippen LogP) is 1.99. The second kappa shape index (κ2) is 5.63. The number of aliphatic hydroxyl groups is 1. The van der Waals surface area contributed by atoms with Crippen molar-refractivity contribution in [2.24, 2.45) is 5.92 Å². The zero-order chi connectivity index (χ0) is 14.0. The molecule has 0 saturated heterocycles. The van der Waals surface area contributed by atoms with Crippen molar-refractivity contribution in [1.29, 1.82) is 0 Å². The lowest BCUT2D eigenvalue weighted by Gasteiger charge is -2.28. The number of hydrogen-bond acceptors (Lipinski definition) is 4. The molecule has 1 aliphatic carbocycles. The molecule has 106 valence electrons. The van der Waals surface area contributed by atoms with Crippen molar-refractivity contribution in [3.8, 4) is 0 Å². The van der Waals surface area contributed by atoms with E-state index in [9.17, 15) is 9.90 Å². The van der Waals surface area contributed by atoms with E-state index in [-0.39, 0.29) is 12.2 Å². The molecule has 1 aromatic rings. The summed E-state index contributed by atoms with van der Waals surface area (Å²) >= 11 is 3.33. The van der Waals surface area contributed by atoms with Gasteiger partial charge in [0.05, 0.1) is 24.0 Å². The fourth-order valence-corrected chi connectivity index (χ4v) is 2.20. The Bertz CT molecular complexity index is 507. The third-order valence-electron chi connectivity index (χ3n) is 3.68. The first-order valence-corrected chi connectivity index (χ1v) is 7.43. The van der Waals surface area contributed by atoms with Crippen molar-refractivity contribution in [3.05, 3.63) is 21.0 Å². The van der Waals surface area contributed by atoms with Gasteiger partial charge in [-0.15, -0.1) is 0 Å². The number of aromatic nitrogens is 2. The number of aliphatic hydroxyl groups excluding tert-OH is 1. The molecule has 19 heavy (non-hydrogen) atoms. The van der Waals surface area contributed by atoms with Crippen molar-refractivity contribution in [3.63, 3.8) is 0 Å². The molecule has 0 spiro atoms. The van der Waals surface area contributed by atoms with Crippen LogP contribution >= 0.6 is 15.9 Å². The van der Waals surface area contributed by atoms with Gasteiger partial charge in [0.25, 0.3) is 5.56 Å². The van der Waals surface area contributed by atoms with Crippen molar-refractivity contribution in [1.82, 2.24) is 9.78 Å². The van der Waals surface area contributed by atoms with E-state index < -0.39 is 5.54 Å². The molecule has 1 unspecified atom stereocenters. The summed E-state index contributed by atoms with van der Waals surface area (Å²) < 4.78 is 1.99. The second-order valence-corrected chi connectivity index (χ2v) is 6.29. The molecule has 2 rings (SSSR count). The molecule has 2 N–H and O–H groups in total. The van der Waals surface area contributed by atoms with Crippen molar-refractivity contribution >= 4 is 21.6 Å². The number of nitrogens with one attached hydrogen (secondary N) is 1. The van der Waals surface area contributed by atoms with E-state index in [2.05, 4.69) is 26.3 Å². The van der Waals surface area contributed by atoms with Gasteiger partial charge in [0.1, 0.15) is 4.47 Å². The van der Waals surface area contributed by atoms with Crippen LogP contribution in [0.4, 0.5) is 5.69 Å². The Morgan fingerprint density at radius 3 is 2.84 bits per heavy atom. The zero-order valence-electron chi connectivity index (χ0n) is 11.3. The highest BCUT2D eigenvalue weighted by atomic mass is 79.9. The normalized spacial score (nSPS) is 18.1. The average molecular weight is 330 g/mol. The average Bonchev–Trinajstić information content (AvgIpc) is 3.22. The van der Waals surface area contributed by atoms with Crippen LogP contribution in [0.25, 0.3) is 0 Å². The van der Waals surface area contributed by atoms with Crippen LogP contribution < -0.4 is 10.9 Å². The summed E-state index contributed by atoms with van der Waals surface area (Å²) in [7, 11) is 0. The summed E-state index contributed by atoms with van der Waals surface area (Å²) in [6, 6.07) is 0. The Labute approximate surface area is 121 Å². The number of rotatable bonds is 6. The van der Waals surface area contributed by atoms with E-state index in [4.69, 9.17) is 0 Å². The van der Waals surface area contributed by atoms with Crippen molar-refractivity contribution < 1.29 is 5.11 Å². The monoisotopic (exact) mass is 329 g/mol. The summed E-state index contributed by atoms with van der Waals surface area (Å²) in [6.07, 6.45) is 4.77. The van der Waals surface area contributed by atoms with Gasteiger partial charge < -0.3 is 10.4 Å². The molecule has 1 saturated carbocycles. The van der Waals surface area contributed by atoms with Gasteiger partial charge in [-0.2, -0.15) is 5.10 Å². The van der Waals surface area contributed by atoms with Crippen LogP contribution in [-0.2, 0) is 6.54 Å². The minimum atomic E-state index is -0.445. The predicted molar refractivity (Wildman–Crippen MR) is 78.3 cm³/mol. The van der Waals surface area contributed by atoms with E-state index in [1.54, 1.807) is 6.20 Å². The lowest BCUT2D eigenvalue weighted by Crippen LogP contribution is -2.39. The molecule has 0 bridgehead atoms. The Balaban J connectivity index is 2.22. The van der Waals surface area contributed by atoms with Crippen molar-refractivity contribution in [2.75, 3.05) is 11.9 Å². The van der Waals surface area contributed by atoms with E-state index in [1.807, 2.05) is 13.8 Å². The highest BCUT2D eigenvalue weighted by molar-refractivity contribution is 9.10. The molecule has 1 heterocycles. The van der Waals surface area contributed by atoms with Gasteiger partial charge in [0.2, 0.25) is 0 Å². The third kappa shape index (κ3) is 3.36. The molecule has 0 aromatic carbocycles. The zero-order valence-corrected chi connectivity index (χ0v) is 12.9. The van der Waals surface area contributed by atoms with Gasteiger partial charge in [-0.1, -0.05) is 6.92 Å². The lowest BCUT2D eigenvalue weighted by atomic mass is 10.0. The molecular weight excluding hydrogens is 310 g/mol. The Kier molecular flexibility index (Phi) is 4.30. The summed E-state index contributed by atoms with van der Waals surface area (Å²) in [4.78, 5) is 12.2. The molecule has 6 heteroatoms. The highest BCUT2D eigenvalue weighted by Gasteiger charge is 2.25. The number of halogens is 1. The van der Waals surface area contributed by atoms with Crippen LogP contribution in [0.5, 0.6) is 0 Å². The standard InChI is InChI=1S/C13H20BrN3O2/c1-3-13(2,8-18)16-10-6-15-17(7-9-4-5-9)12(19)11(10)14/h6,9,16,18H,3-5,7-8H2,1-2H3. The van der Waals surface area contributed by atoms with Gasteiger partial charge in [0, 0.05) is 6.54 Å². The SMILES string of the molecule is CCC(C)(CO)Nc1cnn(CC2CC2)c(=O)c1Br. The minimum Gasteiger partial charge on any atom is -0.394 e. The van der Waals surface area contributed by atoms with Gasteiger partial charge in [-0.05, 0) is 48.0 Å². The maximum absolute atomic E-state index is 12.2. The van der Waals surface area contributed by atoms with Crippen LogP contribution in [0.15, 0.2) is 15.5 Å². The maximum atomic E-state index is 12.2. The highest BCUT2D eigenvalue weighted by Crippen LogP contribution is 2.30. The van der Waals surface area contributed by atoms with Crippen LogP contribution in [0.2, 0.25) is 0 Å². The summed E-state index contributed by atoms with van der Waals surface area (Å²) in [5, 5.41) is 16.8. The Morgan fingerprint density at radius 2 is 2.32 bits per heavy atom. The van der Waals surface area contributed by atoms with Gasteiger partial charge in [0.15, 0.2) is 0 Å². The van der Waals surface area contributed by atoms with E-state index >= 15 is 0 Å². The van der Waals surface area contributed by atoms with E-state index in [0.717, 1.165) is 6.42 Å². The quantitative estimate of drug-likeness (QED) is 0.837. The fourth-order valence-electron chi connectivity index (χ4n) is 1.79. The molecule has 1 atom stereocenters. The first-order chi connectivity index (χ1) is 8.99. The molecule has 0 aliphatic heterocycles. The van der Waals surface area contributed by atoms with E-state index in [0.29, 0.717) is 22.6 Å². The second-order valence-electron chi connectivity index (χ2n) is 5.50. The van der Waals surface area contributed by atoms with Crippen LogP contribution in [0.1, 0.15) is 33.1 Å². The van der Waals surface area contributed by atoms with Gasteiger partial charge >= 0.3 is 0 Å². The summed E-state index contributed by atoms with van der Waals surface area (Å²) in [5.74, 6) is 0.606. The minimum absolute atomic E-state index is 0.00109. The number of anilines is 1. The molecule has 0 amide bonds. The molecule has 1 aromatic heterocycles. The third-order valence-corrected chi connectivity index (χ3v) is 4.45. The first kappa shape index (κ1) is 14.5. The molecule has 5 nitrogen and oxygen atoms in total. The van der Waals surface area contributed by atoms with Crippen LogP contribution in [-0.4, -0.2) is 27.0 Å². The van der Waals surface area contributed by atoms with Gasteiger partial charge in [-0.25, -0.2) is 4.68 Å². The summed E-state index contributed by atoms with van der Waals surface area (Å²) in [6.45, 7) is 4.60. The summed E-state index contributed by atoms with van der Waals surface area (Å²) in [5.41, 5.74) is 0.0722. The van der Waals surface area contributed by atoms with E-state index in [1.165, 1.54) is 17.5 Å². The van der Waals surface area contributed by atoms with Crippen LogP contribution in [0.3, 0.4) is 0 Å². The van der Waals surface area contributed by atoms with Crippen molar-refractivity contribution in [2.45, 2.75) is 45.2 Å². The number of nitrogens with zero attached hydrogens (tertiary/aromatic N) is 2. The molecule has 1 fully saturated rings. The molecular formula is C13H20BrN3O2. The Morgan fingerprint density at radius 1 is 1.63 bits per heavy atom. The Hall–Kier alpha value is -0.880. The number of hydrogen-bond donors (Lipinski definition) is 2. The smallest absolute Gasteiger partial charge is 0.283 e. The van der Waals surface area contributed by atoms with Crippen LogP contribution in [0, 0.1) is 5.92 Å². The molecule has 0 radical (unpaired) electrons. The topological polar surface area (TPSA) is 67.2 Å². The fraction of sp³-hybridized carbons (Fsp3) is 0.692. The van der Waals surface area contributed by atoms with Gasteiger partial charge in [-0.3, -0.25) is 4.79 Å². The largest absolute Gasteiger partial charge is 0.394 e. The first-order valence-electron chi connectivity index (χ1n) is 6.64. The maximum Gasteiger partial charge on any atom is 0.283 e. The molecule has 1 aliphatic rings.